The molecule has 0 aliphatic heterocycles. The summed E-state index contributed by atoms with van der Waals surface area (Å²) in [5.41, 5.74) is -2.03. The molecule has 5 nitrogen and oxygen atoms in total. The zero-order valence-electron chi connectivity index (χ0n) is 16.1. The van der Waals surface area contributed by atoms with Crippen LogP contribution in [0.2, 0.25) is 5.02 Å². The van der Waals surface area contributed by atoms with Crippen LogP contribution in [-0.2, 0) is 6.18 Å². The first-order valence-corrected chi connectivity index (χ1v) is 10.2. The molecule has 2 aromatic carbocycles. The van der Waals surface area contributed by atoms with Gasteiger partial charge in [-0.2, -0.15) is 13.2 Å². The van der Waals surface area contributed by atoms with Crippen LogP contribution in [0.4, 0.5) is 23.2 Å². The Morgan fingerprint density at radius 3 is 2.55 bits per heavy atom. The molecular weight excluding hydrogens is 458 g/mol. The molecule has 1 heterocycles. The van der Waals surface area contributed by atoms with Crippen molar-refractivity contribution in [3.8, 4) is 11.6 Å². The lowest BCUT2D eigenvalue weighted by Crippen LogP contribution is -2.21. The van der Waals surface area contributed by atoms with Crippen molar-refractivity contribution in [3.63, 3.8) is 0 Å². The Bertz CT molecular complexity index is 1140. The normalized spacial score (nSPS) is 11.3. The third-order valence-corrected chi connectivity index (χ3v) is 5.07. The molecule has 0 atom stereocenters. The minimum Gasteiger partial charge on any atom is -0.434 e. The van der Waals surface area contributed by atoms with Crippen molar-refractivity contribution in [1.82, 2.24) is 10.2 Å². The molecule has 3 aromatic rings. The number of ether oxygens (including phenoxy) is 1. The summed E-state index contributed by atoms with van der Waals surface area (Å²) in [4.78, 5) is 13.7. The van der Waals surface area contributed by atoms with Crippen LogP contribution in [-0.4, -0.2) is 22.4 Å². The van der Waals surface area contributed by atoms with E-state index in [1.165, 1.54) is 17.8 Å². The number of benzene rings is 2. The highest BCUT2D eigenvalue weighted by atomic mass is 35.5. The van der Waals surface area contributed by atoms with Gasteiger partial charge < -0.3 is 10.1 Å². The Morgan fingerprint density at radius 1 is 1.16 bits per heavy atom. The maximum Gasteiger partial charge on any atom is 0.435 e. The van der Waals surface area contributed by atoms with E-state index in [0.29, 0.717) is 5.69 Å². The molecule has 0 saturated heterocycles. The molecule has 11 heteroatoms. The first-order valence-electron chi connectivity index (χ1n) is 8.63. The van der Waals surface area contributed by atoms with Gasteiger partial charge in [0.1, 0.15) is 5.56 Å². The molecular formula is C20H14ClF4N3O2S. The summed E-state index contributed by atoms with van der Waals surface area (Å²) in [7, 11) is 0. The van der Waals surface area contributed by atoms with Gasteiger partial charge >= 0.3 is 6.18 Å². The van der Waals surface area contributed by atoms with E-state index in [9.17, 15) is 22.4 Å². The second-order valence-electron chi connectivity index (χ2n) is 6.21. The lowest BCUT2D eigenvalue weighted by molar-refractivity contribution is -0.142. The SMILES string of the molecule is CSc1cccc(NC(=O)c2c(Oc3ccc(Cl)cc3F)nnc(C(F)(F)F)c2C)c1. The zero-order valence-corrected chi connectivity index (χ0v) is 17.6. The monoisotopic (exact) mass is 471 g/mol. The highest BCUT2D eigenvalue weighted by Crippen LogP contribution is 2.35. The summed E-state index contributed by atoms with van der Waals surface area (Å²) >= 11 is 7.12. The highest BCUT2D eigenvalue weighted by molar-refractivity contribution is 7.98. The van der Waals surface area contributed by atoms with Gasteiger partial charge in [0.05, 0.1) is 0 Å². The summed E-state index contributed by atoms with van der Waals surface area (Å²) in [6, 6.07) is 10.1. The molecule has 0 saturated carbocycles. The van der Waals surface area contributed by atoms with Gasteiger partial charge in [0.2, 0.25) is 0 Å². The fourth-order valence-corrected chi connectivity index (χ4v) is 3.28. The van der Waals surface area contributed by atoms with E-state index in [1.807, 2.05) is 6.26 Å². The minimum absolute atomic E-state index is 0.0891. The van der Waals surface area contributed by atoms with Gasteiger partial charge in [-0.3, -0.25) is 4.79 Å². The second-order valence-corrected chi connectivity index (χ2v) is 7.53. The number of nitrogens with zero attached hydrogens (tertiary/aromatic N) is 2. The number of carbonyl (C=O) groups excluding carboxylic acids is 1. The van der Waals surface area contributed by atoms with Gasteiger partial charge in [0.15, 0.2) is 17.3 Å². The van der Waals surface area contributed by atoms with Crippen LogP contribution in [0, 0.1) is 12.7 Å². The number of amides is 1. The zero-order chi connectivity index (χ0) is 22.8. The van der Waals surface area contributed by atoms with Crippen molar-refractivity contribution in [2.75, 3.05) is 11.6 Å². The maximum absolute atomic E-state index is 14.1. The molecule has 1 N–H and O–H groups in total. The summed E-state index contributed by atoms with van der Waals surface area (Å²) in [5, 5.41) is 9.15. The molecule has 0 aliphatic rings. The highest BCUT2D eigenvalue weighted by Gasteiger charge is 2.38. The minimum atomic E-state index is -4.85. The molecule has 0 spiro atoms. The Morgan fingerprint density at radius 2 is 1.90 bits per heavy atom. The van der Waals surface area contributed by atoms with E-state index in [2.05, 4.69) is 15.5 Å². The molecule has 0 unspecified atom stereocenters. The Balaban J connectivity index is 2.06. The van der Waals surface area contributed by atoms with Crippen LogP contribution < -0.4 is 10.1 Å². The predicted octanol–water partition coefficient (Wildman–Crippen LogP) is 6.36. The Hall–Kier alpha value is -2.85. The lowest BCUT2D eigenvalue weighted by Gasteiger charge is -2.16. The summed E-state index contributed by atoms with van der Waals surface area (Å²) in [6.07, 6.45) is -3.02. The summed E-state index contributed by atoms with van der Waals surface area (Å²) in [5.74, 6) is -2.76. The Kier molecular flexibility index (Phi) is 6.71. The average molecular weight is 472 g/mol. The molecule has 0 radical (unpaired) electrons. The van der Waals surface area contributed by atoms with Crippen molar-refractivity contribution in [2.45, 2.75) is 18.0 Å². The maximum atomic E-state index is 14.1. The molecule has 3 rings (SSSR count). The summed E-state index contributed by atoms with van der Waals surface area (Å²) < 4.78 is 59.4. The topological polar surface area (TPSA) is 64.1 Å². The van der Waals surface area contributed by atoms with E-state index in [1.54, 1.807) is 24.3 Å². The third kappa shape index (κ3) is 5.26. The van der Waals surface area contributed by atoms with Crippen molar-refractivity contribution >= 4 is 35.0 Å². The molecule has 31 heavy (non-hydrogen) atoms. The van der Waals surface area contributed by atoms with Crippen molar-refractivity contribution in [3.05, 3.63) is 70.1 Å². The standard InChI is InChI=1S/C20H14ClF4N3O2S/c1-10-16(18(29)26-12-4-3-5-13(9-12)31-2)19(28-27-17(10)20(23,24)25)30-15-7-6-11(21)8-14(15)22/h3-9H,1-2H3,(H,26,29). The van der Waals surface area contributed by atoms with E-state index >= 15 is 0 Å². The molecule has 162 valence electrons. The number of halogens is 5. The van der Waals surface area contributed by atoms with Gasteiger partial charge in [-0.1, -0.05) is 17.7 Å². The van der Waals surface area contributed by atoms with Gasteiger partial charge in [0.25, 0.3) is 11.8 Å². The van der Waals surface area contributed by atoms with E-state index < -0.39 is 40.6 Å². The predicted molar refractivity (Wildman–Crippen MR) is 109 cm³/mol. The third-order valence-electron chi connectivity index (χ3n) is 4.11. The quantitative estimate of drug-likeness (QED) is 0.346. The van der Waals surface area contributed by atoms with Crippen LogP contribution in [0.1, 0.15) is 21.6 Å². The Labute approximate surface area is 183 Å². The van der Waals surface area contributed by atoms with Crippen molar-refractivity contribution in [1.29, 1.82) is 0 Å². The number of hydrogen-bond donors (Lipinski definition) is 1. The number of rotatable bonds is 5. The fraction of sp³-hybridized carbons (Fsp3) is 0.150. The largest absolute Gasteiger partial charge is 0.435 e. The summed E-state index contributed by atoms with van der Waals surface area (Å²) in [6.45, 7) is 1.07. The smallest absolute Gasteiger partial charge is 0.434 e. The van der Waals surface area contributed by atoms with Crippen LogP contribution in [0.15, 0.2) is 47.4 Å². The van der Waals surface area contributed by atoms with Crippen molar-refractivity contribution in [2.24, 2.45) is 0 Å². The van der Waals surface area contributed by atoms with Gasteiger partial charge in [-0.25, -0.2) is 4.39 Å². The van der Waals surface area contributed by atoms with Gasteiger partial charge in [-0.15, -0.1) is 22.0 Å². The van der Waals surface area contributed by atoms with Crippen LogP contribution in [0.3, 0.4) is 0 Å². The number of alkyl halides is 3. The van der Waals surface area contributed by atoms with Gasteiger partial charge in [-0.05, 0) is 55.1 Å². The molecule has 0 bridgehead atoms. The molecule has 1 aromatic heterocycles. The second kappa shape index (κ2) is 9.11. The van der Waals surface area contributed by atoms with E-state index in [0.717, 1.165) is 24.0 Å². The molecule has 1 amide bonds. The van der Waals surface area contributed by atoms with Crippen molar-refractivity contribution < 1.29 is 27.1 Å². The van der Waals surface area contributed by atoms with E-state index in [-0.39, 0.29) is 10.8 Å². The first kappa shape index (κ1) is 22.8. The number of nitrogens with one attached hydrogen (secondary N) is 1. The van der Waals surface area contributed by atoms with Crippen LogP contribution in [0.5, 0.6) is 11.6 Å². The number of hydrogen-bond acceptors (Lipinski definition) is 5. The molecule has 0 fully saturated rings. The van der Waals surface area contributed by atoms with E-state index in [4.69, 9.17) is 16.3 Å². The number of carbonyl (C=O) groups is 1. The average Bonchev–Trinajstić information content (AvgIpc) is 2.69. The van der Waals surface area contributed by atoms with Gasteiger partial charge in [0, 0.05) is 15.6 Å². The number of thioether (sulfide) groups is 1. The number of anilines is 1. The fourth-order valence-electron chi connectivity index (χ4n) is 2.66. The lowest BCUT2D eigenvalue weighted by atomic mass is 10.1. The number of aromatic nitrogens is 2. The van der Waals surface area contributed by atoms with Crippen LogP contribution >= 0.6 is 23.4 Å². The van der Waals surface area contributed by atoms with Crippen LogP contribution in [0.25, 0.3) is 0 Å². The first-order chi connectivity index (χ1) is 14.6. The molecule has 0 aliphatic carbocycles.